The van der Waals surface area contributed by atoms with Gasteiger partial charge >= 0.3 is 0 Å². The molecule has 1 aliphatic rings. The summed E-state index contributed by atoms with van der Waals surface area (Å²) in [5.74, 6) is 1.53. The summed E-state index contributed by atoms with van der Waals surface area (Å²) in [6, 6.07) is 1.07. The monoisotopic (exact) mass is 613 g/mol. The standard InChI is InChI=1S/C35H76N6O2/c1-7-10-13-18-30(17-11-8-2)26-41(6)33(16-9-3)23-40-35(31-19-14-12-15-20-31)25-38-32(21-36)22-39-34(29(5)43)24-37-28(4)27-42/h28-35,37-40,42-43H,7-27,36H2,1-6H3/t28-,29+,30-,32+,33+,34+,35-/m1/s1. The average molecular weight is 613 g/mol. The first-order chi connectivity index (χ1) is 20.8. The van der Waals surface area contributed by atoms with Crippen molar-refractivity contribution >= 4 is 0 Å². The van der Waals surface area contributed by atoms with Crippen molar-refractivity contribution in [3.8, 4) is 0 Å². The van der Waals surface area contributed by atoms with E-state index >= 15 is 0 Å². The zero-order valence-corrected chi connectivity index (χ0v) is 29.4. The van der Waals surface area contributed by atoms with Gasteiger partial charge in [-0.05, 0) is 64.8 Å². The van der Waals surface area contributed by atoms with E-state index in [1.165, 1.54) is 96.4 Å². The van der Waals surface area contributed by atoms with Crippen molar-refractivity contribution in [2.24, 2.45) is 17.6 Å². The molecule has 8 heteroatoms. The molecule has 1 rings (SSSR count). The minimum atomic E-state index is -0.492. The minimum Gasteiger partial charge on any atom is -0.395 e. The van der Waals surface area contributed by atoms with Gasteiger partial charge in [0.25, 0.3) is 0 Å². The number of nitrogens with two attached hydrogens (primary N) is 1. The van der Waals surface area contributed by atoms with Gasteiger partial charge in [0.05, 0.1) is 12.7 Å². The van der Waals surface area contributed by atoms with Gasteiger partial charge in [0, 0.05) is 69.5 Å². The number of nitrogens with zero attached hydrogens (tertiary/aromatic N) is 1. The van der Waals surface area contributed by atoms with Gasteiger partial charge in [-0.1, -0.05) is 78.6 Å². The Hall–Kier alpha value is -0.320. The summed E-state index contributed by atoms with van der Waals surface area (Å²) in [7, 11) is 2.37. The molecule has 258 valence electrons. The van der Waals surface area contributed by atoms with E-state index in [4.69, 9.17) is 5.73 Å². The number of unbranched alkanes of at least 4 members (excludes halogenated alkanes) is 3. The molecule has 0 spiro atoms. The Bertz CT molecular complexity index is 621. The maximum atomic E-state index is 10.3. The van der Waals surface area contributed by atoms with Crippen LogP contribution < -0.4 is 27.0 Å². The molecule has 0 bridgehead atoms. The lowest BCUT2D eigenvalue weighted by Crippen LogP contribution is -2.56. The normalized spacial score (nSPS) is 19.7. The maximum Gasteiger partial charge on any atom is 0.0677 e. The van der Waals surface area contributed by atoms with Gasteiger partial charge in [0.1, 0.15) is 0 Å². The van der Waals surface area contributed by atoms with Crippen molar-refractivity contribution in [2.45, 2.75) is 161 Å². The van der Waals surface area contributed by atoms with Crippen molar-refractivity contribution in [3.05, 3.63) is 0 Å². The van der Waals surface area contributed by atoms with Crippen molar-refractivity contribution in [1.82, 2.24) is 26.2 Å². The number of aliphatic hydroxyl groups excluding tert-OH is 2. The Morgan fingerprint density at radius 2 is 1.49 bits per heavy atom. The summed E-state index contributed by atoms with van der Waals surface area (Å²) in [6.07, 6.45) is 18.1. The molecule has 0 heterocycles. The van der Waals surface area contributed by atoms with Crippen LogP contribution in [0.5, 0.6) is 0 Å². The highest BCUT2D eigenvalue weighted by atomic mass is 16.3. The number of likely N-dealkylation sites (N-methyl/N-ethyl adjacent to an activating group) is 1. The van der Waals surface area contributed by atoms with Crippen molar-refractivity contribution in [2.75, 3.05) is 52.9 Å². The zero-order chi connectivity index (χ0) is 31.9. The molecule has 0 saturated heterocycles. The summed E-state index contributed by atoms with van der Waals surface area (Å²) >= 11 is 0. The van der Waals surface area contributed by atoms with Crippen LogP contribution in [0.1, 0.15) is 125 Å². The van der Waals surface area contributed by atoms with Crippen LogP contribution in [0.3, 0.4) is 0 Å². The van der Waals surface area contributed by atoms with Gasteiger partial charge in [0.15, 0.2) is 0 Å². The lowest BCUT2D eigenvalue weighted by Gasteiger charge is -2.36. The third-order valence-corrected chi connectivity index (χ3v) is 9.89. The molecule has 0 aromatic heterocycles. The fraction of sp³-hybridized carbons (Fsp3) is 1.00. The largest absolute Gasteiger partial charge is 0.395 e. The Morgan fingerprint density at radius 1 is 0.791 bits per heavy atom. The van der Waals surface area contributed by atoms with Crippen molar-refractivity contribution in [3.63, 3.8) is 0 Å². The van der Waals surface area contributed by atoms with Gasteiger partial charge < -0.3 is 42.1 Å². The van der Waals surface area contributed by atoms with E-state index in [1.807, 2.05) is 13.8 Å². The molecular formula is C35H76N6O2. The maximum absolute atomic E-state index is 10.3. The number of aliphatic hydroxyl groups is 2. The van der Waals surface area contributed by atoms with Crippen LogP contribution in [0.15, 0.2) is 0 Å². The second-order valence-corrected chi connectivity index (χ2v) is 13.9. The average Bonchev–Trinajstić information content (AvgIpc) is 3.01. The highest BCUT2D eigenvalue weighted by molar-refractivity contribution is 4.87. The third kappa shape index (κ3) is 18.4. The molecular weight excluding hydrogens is 536 g/mol. The Kier molecular flexibility index (Phi) is 24.4. The van der Waals surface area contributed by atoms with E-state index in [2.05, 4.69) is 54.0 Å². The first-order valence-electron chi connectivity index (χ1n) is 18.4. The lowest BCUT2D eigenvalue weighted by molar-refractivity contribution is 0.136. The molecule has 0 aromatic carbocycles. The van der Waals surface area contributed by atoms with E-state index < -0.39 is 6.10 Å². The van der Waals surface area contributed by atoms with Crippen LogP contribution in [-0.2, 0) is 0 Å². The van der Waals surface area contributed by atoms with Crippen LogP contribution >= 0.6 is 0 Å². The van der Waals surface area contributed by atoms with E-state index in [1.54, 1.807) is 0 Å². The summed E-state index contributed by atoms with van der Waals surface area (Å²) in [5.41, 5.74) is 6.23. The molecule has 0 aliphatic heterocycles. The van der Waals surface area contributed by atoms with E-state index in [9.17, 15) is 10.2 Å². The van der Waals surface area contributed by atoms with Crippen LogP contribution in [0.4, 0.5) is 0 Å². The number of hydrogen-bond acceptors (Lipinski definition) is 8. The number of hydrogen-bond donors (Lipinski definition) is 7. The number of rotatable bonds is 28. The molecule has 0 amide bonds. The van der Waals surface area contributed by atoms with Crippen LogP contribution in [0.2, 0.25) is 0 Å². The quantitative estimate of drug-likeness (QED) is 0.0657. The smallest absolute Gasteiger partial charge is 0.0677 e. The highest BCUT2D eigenvalue weighted by Crippen LogP contribution is 2.27. The zero-order valence-electron chi connectivity index (χ0n) is 29.4. The van der Waals surface area contributed by atoms with Gasteiger partial charge in [-0.2, -0.15) is 0 Å². The lowest BCUT2D eigenvalue weighted by atomic mass is 9.83. The topological polar surface area (TPSA) is 118 Å². The Morgan fingerprint density at radius 3 is 2.09 bits per heavy atom. The van der Waals surface area contributed by atoms with E-state index in [0.29, 0.717) is 37.6 Å². The molecule has 1 fully saturated rings. The second-order valence-electron chi connectivity index (χ2n) is 13.9. The van der Waals surface area contributed by atoms with E-state index in [0.717, 1.165) is 19.0 Å². The van der Waals surface area contributed by atoms with Gasteiger partial charge in [-0.15, -0.1) is 0 Å². The molecule has 1 saturated carbocycles. The first kappa shape index (κ1) is 40.7. The molecule has 8 nitrogen and oxygen atoms in total. The van der Waals surface area contributed by atoms with Gasteiger partial charge in [-0.25, -0.2) is 0 Å². The van der Waals surface area contributed by atoms with Crippen LogP contribution in [0, 0.1) is 11.8 Å². The predicted octanol–water partition coefficient (Wildman–Crippen LogP) is 4.24. The summed E-state index contributed by atoms with van der Waals surface area (Å²) in [4.78, 5) is 2.68. The fourth-order valence-electron chi connectivity index (χ4n) is 6.73. The van der Waals surface area contributed by atoms with Crippen LogP contribution in [0.25, 0.3) is 0 Å². The Labute approximate surface area is 267 Å². The third-order valence-electron chi connectivity index (χ3n) is 9.89. The molecule has 0 unspecified atom stereocenters. The minimum absolute atomic E-state index is 0.00710. The summed E-state index contributed by atoms with van der Waals surface area (Å²) < 4.78 is 0. The summed E-state index contributed by atoms with van der Waals surface area (Å²) in [5, 5.41) is 34.3. The number of nitrogens with one attached hydrogen (secondary N) is 4. The fourth-order valence-corrected chi connectivity index (χ4v) is 6.73. The SMILES string of the molecule is CCCCC[C@@H](CCCC)CN(C)[C@@H](CCC)CN[C@H](CN[C@@H](CN)CN[C@@H](CN[C@H](C)CO)[C@H](C)O)C1CCCCC1. The van der Waals surface area contributed by atoms with Gasteiger partial charge in [-0.3, -0.25) is 0 Å². The molecule has 1 aliphatic carbocycles. The van der Waals surface area contributed by atoms with Crippen molar-refractivity contribution < 1.29 is 10.2 Å². The second kappa shape index (κ2) is 25.8. The van der Waals surface area contributed by atoms with E-state index in [-0.39, 0.29) is 24.7 Å². The predicted molar refractivity (Wildman–Crippen MR) is 186 cm³/mol. The highest BCUT2D eigenvalue weighted by Gasteiger charge is 2.26. The molecule has 43 heavy (non-hydrogen) atoms. The molecule has 8 N–H and O–H groups in total. The molecule has 7 atom stereocenters. The summed E-state index contributed by atoms with van der Waals surface area (Å²) in [6.45, 7) is 15.9. The first-order valence-corrected chi connectivity index (χ1v) is 18.4. The molecule has 0 aromatic rings. The van der Waals surface area contributed by atoms with Gasteiger partial charge in [0.2, 0.25) is 0 Å². The Balaban J connectivity index is 2.79. The van der Waals surface area contributed by atoms with Crippen molar-refractivity contribution in [1.29, 1.82) is 0 Å². The molecule has 0 radical (unpaired) electrons. The van der Waals surface area contributed by atoms with Crippen LogP contribution in [-0.4, -0.2) is 104 Å².